The predicted molar refractivity (Wildman–Crippen MR) is 64.7 cm³/mol. The molecule has 1 N–H and O–H groups in total. The van der Waals surface area contributed by atoms with Crippen molar-refractivity contribution in [3.8, 4) is 0 Å². The highest BCUT2D eigenvalue weighted by Crippen LogP contribution is 2.09. The third-order valence-electron chi connectivity index (χ3n) is 2.27. The number of rotatable bonds is 6. The van der Waals surface area contributed by atoms with E-state index in [1.807, 2.05) is 6.07 Å². The lowest BCUT2D eigenvalue weighted by molar-refractivity contribution is 0.566. The Bertz CT molecular complexity index is 285. The molecule has 0 bridgehead atoms. The molecule has 1 rings (SSSR count). The fourth-order valence-corrected chi connectivity index (χ4v) is 1.39. The SMILES string of the molecule is CCC(=Cc1ccoc1)CNCC(C)C. The first-order chi connectivity index (χ1) is 7.22. The summed E-state index contributed by atoms with van der Waals surface area (Å²) in [5, 5.41) is 3.45. The molecule has 15 heavy (non-hydrogen) atoms. The lowest BCUT2D eigenvalue weighted by Crippen LogP contribution is -2.21. The van der Waals surface area contributed by atoms with Gasteiger partial charge in [0.05, 0.1) is 12.5 Å². The highest BCUT2D eigenvalue weighted by Gasteiger charge is 1.97. The first-order valence-corrected chi connectivity index (χ1v) is 5.64. The Morgan fingerprint density at radius 1 is 1.53 bits per heavy atom. The van der Waals surface area contributed by atoms with Gasteiger partial charge in [-0.15, -0.1) is 0 Å². The van der Waals surface area contributed by atoms with E-state index >= 15 is 0 Å². The average molecular weight is 207 g/mol. The van der Waals surface area contributed by atoms with E-state index in [9.17, 15) is 0 Å². The minimum Gasteiger partial charge on any atom is -0.472 e. The van der Waals surface area contributed by atoms with E-state index in [1.54, 1.807) is 12.5 Å². The fraction of sp³-hybridized carbons (Fsp3) is 0.538. The lowest BCUT2D eigenvalue weighted by atomic mass is 10.1. The molecule has 0 aliphatic rings. The summed E-state index contributed by atoms with van der Waals surface area (Å²) in [6.45, 7) is 8.67. The van der Waals surface area contributed by atoms with Gasteiger partial charge in [-0.3, -0.25) is 0 Å². The van der Waals surface area contributed by atoms with Crippen LogP contribution < -0.4 is 5.32 Å². The zero-order valence-electron chi connectivity index (χ0n) is 9.92. The van der Waals surface area contributed by atoms with Gasteiger partial charge in [0.2, 0.25) is 0 Å². The Balaban J connectivity index is 2.42. The van der Waals surface area contributed by atoms with E-state index in [1.165, 1.54) is 5.57 Å². The Hall–Kier alpha value is -1.02. The average Bonchev–Trinajstić information content (AvgIpc) is 2.68. The van der Waals surface area contributed by atoms with Gasteiger partial charge < -0.3 is 9.73 Å². The van der Waals surface area contributed by atoms with Crippen LogP contribution in [-0.2, 0) is 0 Å². The van der Waals surface area contributed by atoms with E-state index in [-0.39, 0.29) is 0 Å². The van der Waals surface area contributed by atoms with Crippen molar-refractivity contribution in [2.75, 3.05) is 13.1 Å². The number of nitrogens with one attached hydrogen (secondary N) is 1. The van der Waals surface area contributed by atoms with Crippen LogP contribution in [0.2, 0.25) is 0 Å². The zero-order chi connectivity index (χ0) is 11.1. The molecule has 0 amide bonds. The summed E-state index contributed by atoms with van der Waals surface area (Å²) in [5.74, 6) is 0.706. The Morgan fingerprint density at radius 2 is 2.33 bits per heavy atom. The van der Waals surface area contributed by atoms with Gasteiger partial charge in [-0.1, -0.05) is 32.4 Å². The molecule has 0 atom stereocenters. The Morgan fingerprint density at radius 3 is 2.87 bits per heavy atom. The molecule has 0 aromatic carbocycles. The molecular weight excluding hydrogens is 186 g/mol. The van der Waals surface area contributed by atoms with E-state index in [0.717, 1.165) is 25.1 Å². The van der Waals surface area contributed by atoms with Gasteiger partial charge in [0.25, 0.3) is 0 Å². The molecule has 0 fully saturated rings. The van der Waals surface area contributed by atoms with E-state index in [4.69, 9.17) is 4.42 Å². The summed E-state index contributed by atoms with van der Waals surface area (Å²) < 4.78 is 5.04. The number of hydrogen-bond acceptors (Lipinski definition) is 2. The summed E-state index contributed by atoms with van der Waals surface area (Å²) in [6.07, 6.45) is 6.76. The smallest absolute Gasteiger partial charge is 0.0974 e. The minimum atomic E-state index is 0.706. The quantitative estimate of drug-likeness (QED) is 0.774. The summed E-state index contributed by atoms with van der Waals surface area (Å²) in [4.78, 5) is 0. The molecule has 0 aliphatic heterocycles. The van der Waals surface area contributed by atoms with E-state index in [2.05, 4.69) is 32.2 Å². The minimum absolute atomic E-state index is 0.706. The van der Waals surface area contributed by atoms with Crippen LogP contribution in [0.5, 0.6) is 0 Å². The standard InChI is InChI=1S/C13H21NO/c1-4-12(9-14-8-11(2)3)7-13-5-6-15-10-13/h5-7,10-11,14H,4,8-9H2,1-3H3. The second-order valence-corrected chi connectivity index (χ2v) is 4.24. The van der Waals surface area contributed by atoms with Crippen molar-refractivity contribution in [3.05, 3.63) is 29.7 Å². The topological polar surface area (TPSA) is 25.2 Å². The summed E-state index contributed by atoms with van der Waals surface area (Å²) in [7, 11) is 0. The Labute approximate surface area is 92.4 Å². The van der Waals surface area contributed by atoms with Crippen LogP contribution in [0, 0.1) is 5.92 Å². The number of furan rings is 1. The van der Waals surface area contributed by atoms with Gasteiger partial charge in [0.15, 0.2) is 0 Å². The monoisotopic (exact) mass is 207 g/mol. The van der Waals surface area contributed by atoms with Crippen molar-refractivity contribution in [2.24, 2.45) is 5.92 Å². The van der Waals surface area contributed by atoms with Crippen molar-refractivity contribution in [3.63, 3.8) is 0 Å². The van der Waals surface area contributed by atoms with Crippen LogP contribution in [0.25, 0.3) is 6.08 Å². The fourth-order valence-electron chi connectivity index (χ4n) is 1.39. The molecule has 0 saturated heterocycles. The third-order valence-corrected chi connectivity index (χ3v) is 2.27. The van der Waals surface area contributed by atoms with Crippen molar-refractivity contribution in [1.82, 2.24) is 5.32 Å². The highest BCUT2D eigenvalue weighted by molar-refractivity contribution is 5.51. The van der Waals surface area contributed by atoms with E-state index in [0.29, 0.717) is 5.92 Å². The first kappa shape index (κ1) is 12.1. The van der Waals surface area contributed by atoms with Crippen LogP contribution in [0.4, 0.5) is 0 Å². The van der Waals surface area contributed by atoms with Crippen molar-refractivity contribution in [1.29, 1.82) is 0 Å². The summed E-state index contributed by atoms with van der Waals surface area (Å²) in [5.41, 5.74) is 2.57. The molecule has 84 valence electrons. The molecule has 0 radical (unpaired) electrons. The van der Waals surface area contributed by atoms with Crippen molar-refractivity contribution >= 4 is 6.08 Å². The maximum Gasteiger partial charge on any atom is 0.0974 e. The summed E-state index contributed by atoms with van der Waals surface area (Å²) in [6, 6.07) is 1.98. The molecular formula is C13H21NO. The second-order valence-electron chi connectivity index (χ2n) is 4.24. The van der Waals surface area contributed by atoms with Gasteiger partial charge in [0, 0.05) is 12.1 Å². The normalized spacial score (nSPS) is 12.4. The van der Waals surface area contributed by atoms with Crippen LogP contribution in [-0.4, -0.2) is 13.1 Å². The predicted octanol–water partition coefficient (Wildman–Crippen LogP) is 3.32. The maximum absolute atomic E-state index is 5.04. The van der Waals surface area contributed by atoms with Gasteiger partial charge >= 0.3 is 0 Å². The van der Waals surface area contributed by atoms with Crippen LogP contribution in [0.15, 0.2) is 28.6 Å². The molecule has 0 aliphatic carbocycles. The Kier molecular flexibility index (Phi) is 5.19. The van der Waals surface area contributed by atoms with Gasteiger partial charge in [-0.2, -0.15) is 0 Å². The largest absolute Gasteiger partial charge is 0.472 e. The van der Waals surface area contributed by atoms with Gasteiger partial charge in [-0.25, -0.2) is 0 Å². The molecule has 1 heterocycles. The third kappa shape index (κ3) is 4.84. The molecule has 0 spiro atoms. The zero-order valence-corrected chi connectivity index (χ0v) is 9.92. The maximum atomic E-state index is 5.04. The highest BCUT2D eigenvalue weighted by atomic mass is 16.3. The molecule has 0 unspecified atom stereocenters. The van der Waals surface area contributed by atoms with E-state index < -0.39 is 0 Å². The van der Waals surface area contributed by atoms with Gasteiger partial charge in [-0.05, 0) is 24.9 Å². The summed E-state index contributed by atoms with van der Waals surface area (Å²) >= 11 is 0. The number of hydrogen-bond donors (Lipinski definition) is 1. The second kappa shape index (κ2) is 6.46. The molecule has 1 aromatic rings. The molecule has 2 heteroatoms. The molecule has 0 saturated carbocycles. The van der Waals surface area contributed by atoms with Crippen molar-refractivity contribution in [2.45, 2.75) is 27.2 Å². The first-order valence-electron chi connectivity index (χ1n) is 5.64. The van der Waals surface area contributed by atoms with Gasteiger partial charge in [0.1, 0.15) is 0 Å². The van der Waals surface area contributed by atoms with Crippen LogP contribution in [0.3, 0.4) is 0 Å². The van der Waals surface area contributed by atoms with Crippen LogP contribution in [0.1, 0.15) is 32.8 Å². The lowest BCUT2D eigenvalue weighted by Gasteiger charge is -2.09. The van der Waals surface area contributed by atoms with Crippen molar-refractivity contribution < 1.29 is 4.42 Å². The van der Waals surface area contributed by atoms with Crippen LogP contribution >= 0.6 is 0 Å². The molecule has 2 nitrogen and oxygen atoms in total. The molecule has 1 aromatic heterocycles.